The van der Waals surface area contributed by atoms with Crippen molar-refractivity contribution in [2.75, 3.05) is 5.01 Å². The van der Waals surface area contributed by atoms with Crippen LogP contribution >= 0.6 is 0 Å². The lowest BCUT2D eigenvalue weighted by molar-refractivity contribution is 1.09. The van der Waals surface area contributed by atoms with E-state index in [0.717, 1.165) is 28.1 Å². The quantitative estimate of drug-likeness (QED) is 0.200. The van der Waals surface area contributed by atoms with Crippen molar-refractivity contribution in [1.82, 2.24) is 0 Å². The lowest BCUT2D eigenvalue weighted by atomic mass is 10.0. The summed E-state index contributed by atoms with van der Waals surface area (Å²) >= 11 is 0. The summed E-state index contributed by atoms with van der Waals surface area (Å²) in [5.74, 6) is 0. The summed E-state index contributed by atoms with van der Waals surface area (Å²) in [6.07, 6.45) is 4.09. The molecular weight excluding hydrogens is 352 g/mol. The molecule has 0 saturated carbocycles. The zero-order valence-corrected chi connectivity index (χ0v) is 16.1. The third-order valence-corrected chi connectivity index (χ3v) is 4.54. The number of nitrogens with zero attached hydrogens (tertiary/aromatic N) is 2. The Hall–Kier alpha value is -3.91. The zero-order valence-electron chi connectivity index (χ0n) is 16.1. The third kappa shape index (κ3) is 4.88. The summed E-state index contributed by atoms with van der Waals surface area (Å²) in [4.78, 5) is 0. The van der Waals surface area contributed by atoms with Gasteiger partial charge in [0.1, 0.15) is 0 Å². The fourth-order valence-corrected chi connectivity index (χ4v) is 3.10. The summed E-state index contributed by atoms with van der Waals surface area (Å²) in [6, 6.07) is 41.1. The maximum Gasteiger partial charge on any atom is 0.0652 e. The van der Waals surface area contributed by atoms with Gasteiger partial charge in [0.15, 0.2) is 0 Å². The number of para-hydroxylation sites is 2. The van der Waals surface area contributed by atoms with E-state index in [0.29, 0.717) is 0 Å². The maximum absolute atomic E-state index is 4.88. The lowest BCUT2D eigenvalue weighted by Gasteiger charge is -2.19. The van der Waals surface area contributed by atoms with Gasteiger partial charge in [0.25, 0.3) is 0 Å². The van der Waals surface area contributed by atoms with Crippen LogP contribution in [0.25, 0.3) is 11.6 Å². The van der Waals surface area contributed by atoms with Crippen molar-refractivity contribution in [1.29, 1.82) is 0 Å². The van der Waals surface area contributed by atoms with Crippen LogP contribution in [0.2, 0.25) is 0 Å². The first kappa shape index (κ1) is 18.5. The third-order valence-electron chi connectivity index (χ3n) is 4.54. The van der Waals surface area contributed by atoms with E-state index >= 15 is 0 Å². The monoisotopic (exact) mass is 374 g/mol. The van der Waals surface area contributed by atoms with Gasteiger partial charge < -0.3 is 0 Å². The SMILES string of the molecule is C(=NN(c1ccccc1)c1ccccc1)C(=Cc1ccccc1)c1ccccc1. The number of hydrazone groups is 1. The van der Waals surface area contributed by atoms with Gasteiger partial charge in [0.05, 0.1) is 17.6 Å². The van der Waals surface area contributed by atoms with Crippen LogP contribution < -0.4 is 5.01 Å². The van der Waals surface area contributed by atoms with E-state index in [4.69, 9.17) is 5.10 Å². The molecule has 29 heavy (non-hydrogen) atoms. The van der Waals surface area contributed by atoms with E-state index in [1.165, 1.54) is 0 Å². The van der Waals surface area contributed by atoms with E-state index in [2.05, 4.69) is 54.6 Å². The molecule has 0 aliphatic carbocycles. The molecule has 0 fully saturated rings. The molecule has 4 aromatic carbocycles. The molecule has 0 aliphatic rings. The Morgan fingerprint density at radius 1 is 0.552 bits per heavy atom. The van der Waals surface area contributed by atoms with Gasteiger partial charge in [-0.3, -0.25) is 0 Å². The van der Waals surface area contributed by atoms with Gasteiger partial charge in [-0.25, -0.2) is 5.01 Å². The van der Waals surface area contributed by atoms with Crippen LogP contribution in [-0.2, 0) is 0 Å². The summed E-state index contributed by atoms with van der Waals surface area (Å²) < 4.78 is 0. The molecule has 0 heterocycles. The first-order valence-corrected chi connectivity index (χ1v) is 9.66. The van der Waals surface area contributed by atoms with Crippen LogP contribution in [0.5, 0.6) is 0 Å². The average Bonchev–Trinajstić information content (AvgIpc) is 2.81. The molecule has 0 bridgehead atoms. The number of anilines is 2. The first-order valence-electron chi connectivity index (χ1n) is 9.66. The van der Waals surface area contributed by atoms with E-state index in [-0.39, 0.29) is 0 Å². The predicted molar refractivity (Wildman–Crippen MR) is 124 cm³/mol. The first-order chi connectivity index (χ1) is 14.4. The van der Waals surface area contributed by atoms with Crippen molar-refractivity contribution in [3.8, 4) is 0 Å². The molecule has 0 atom stereocenters. The zero-order chi connectivity index (χ0) is 19.7. The molecule has 4 rings (SSSR count). The summed E-state index contributed by atoms with van der Waals surface area (Å²) in [7, 11) is 0. The van der Waals surface area contributed by atoms with Gasteiger partial charge in [0.2, 0.25) is 0 Å². The highest BCUT2D eigenvalue weighted by Gasteiger charge is 2.07. The molecule has 140 valence electrons. The number of allylic oxidation sites excluding steroid dienone is 1. The molecule has 0 spiro atoms. The van der Waals surface area contributed by atoms with Gasteiger partial charge in [-0.1, -0.05) is 97.1 Å². The summed E-state index contributed by atoms with van der Waals surface area (Å²) in [5.41, 5.74) is 5.35. The van der Waals surface area contributed by atoms with Crippen molar-refractivity contribution in [2.24, 2.45) is 5.10 Å². The number of hydrogen-bond acceptors (Lipinski definition) is 2. The molecule has 2 heteroatoms. The Morgan fingerprint density at radius 2 is 1.00 bits per heavy atom. The minimum Gasteiger partial charge on any atom is -0.234 e. The van der Waals surface area contributed by atoms with E-state index in [1.54, 1.807) is 0 Å². The van der Waals surface area contributed by atoms with Crippen molar-refractivity contribution >= 4 is 29.2 Å². The minimum absolute atomic E-state index is 1.02. The second-order valence-corrected chi connectivity index (χ2v) is 6.60. The molecule has 2 nitrogen and oxygen atoms in total. The van der Waals surface area contributed by atoms with Crippen LogP contribution in [0, 0.1) is 0 Å². The minimum atomic E-state index is 1.02. The maximum atomic E-state index is 4.88. The summed E-state index contributed by atoms with van der Waals surface area (Å²) in [6.45, 7) is 0. The van der Waals surface area contributed by atoms with Gasteiger partial charge in [-0.2, -0.15) is 5.10 Å². The van der Waals surface area contributed by atoms with Gasteiger partial charge in [-0.05, 0) is 41.5 Å². The van der Waals surface area contributed by atoms with Crippen LogP contribution in [0.4, 0.5) is 11.4 Å². The Balaban J connectivity index is 1.75. The highest BCUT2D eigenvalue weighted by atomic mass is 15.5. The van der Waals surface area contributed by atoms with Gasteiger partial charge in [-0.15, -0.1) is 0 Å². The van der Waals surface area contributed by atoms with Crippen molar-refractivity contribution in [3.63, 3.8) is 0 Å². The van der Waals surface area contributed by atoms with Gasteiger partial charge >= 0.3 is 0 Å². The highest BCUT2D eigenvalue weighted by molar-refractivity contribution is 6.16. The second-order valence-electron chi connectivity index (χ2n) is 6.60. The van der Waals surface area contributed by atoms with Crippen molar-refractivity contribution in [2.45, 2.75) is 0 Å². The number of benzene rings is 4. The fourth-order valence-electron chi connectivity index (χ4n) is 3.10. The fraction of sp³-hybridized carbons (Fsp3) is 0. The van der Waals surface area contributed by atoms with Crippen LogP contribution in [-0.4, -0.2) is 6.21 Å². The van der Waals surface area contributed by atoms with E-state index < -0.39 is 0 Å². The van der Waals surface area contributed by atoms with Crippen molar-refractivity contribution in [3.05, 3.63) is 132 Å². The largest absolute Gasteiger partial charge is 0.234 e. The Morgan fingerprint density at radius 3 is 1.52 bits per heavy atom. The molecule has 0 aromatic heterocycles. The standard InChI is InChI=1S/C27H22N2/c1-5-13-23(14-6-1)21-25(24-15-7-2-8-16-24)22-28-29(26-17-9-3-10-18-26)27-19-11-4-12-20-27/h1-22H. The topological polar surface area (TPSA) is 15.6 Å². The van der Waals surface area contributed by atoms with Crippen molar-refractivity contribution < 1.29 is 0 Å². The van der Waals surface area contributed by atoms with Gasteiger partial charge in [0, 0.05) is 5.57 Å². The van der Waals surface area contributed by atoms with Crippen LogP contribution in [0.3, 0.4) is 0 Å². The Kier molecular flexibility index (Phi) is 5.94. The molecule has 0 N–H and O–H groups in total. The second kappa shape index (κ2) is 9.34. The van der Waals surface area contributed by atoms with Crippen LogP contribution in [0.1, 0.15) is 11.1 Å². The van der Waals surface area contributed by atoms with Crippen LogP contribution in [0.15, 0.2) is 126 Å². The molecule has 4 aromatic rings. The smallest absolute Gasteiger partial charge is 0.0652 e. The number of hydrogen-bond donors (Lipinski definition) is 0. The molecule has 0 saturated heterocycles. The molecule has 0 amide bonds. The lowest BCUT2D eigenvalue weighted by Crippen LogP contribution is -2.09. The Bertz CT molecular complexity index is 1030. The number of rotatable bonds is 6. The highest BCUT2D eigenvalue weighted by Crippen LogP contribution is 2.26. The van der Waals surface area contributed by atoms with E-state index in [9.17, 15) is 0 Å². The molecule has 0 radical (unpaired) electrons. The molecule has 0 unspecified atom stereocenters. The molecule has 0 aliphatic heterocycles. The molecular formula is C27H22N2. The van der Waals surface area contributed by atoms with E-state index in [1.807, 2.05) is 84.0 Å². The summed E-state index contributed by atoms with van der Waals surface area (Å²) in [5, 5.41) is 6.84. The Labute approximate surface area is 172 Å². The normalized spacial score (nSPS) is 11.5. The average molecular weight is 374 g/mol. The predicted octanol–water partition coefficient (Wildman–Crippen LogP) is 7.05.